The van der Waals surface area contributed by atoms with Crippen LogP contribution in [-0.4, -0.2) is 60.5 Å². The molecule has 1 saturated heterocycles. The van der Waals surface area contributed by atoms with Gasteiger partial charge < -0.3 is 14.2 Å². The van der Waals surface area contributed by atoms with Crippen molar-refractivity contribution >= 4 is 12.2 Å². The van der Waals surface area contributed by atoms with Crippen molar-refractivity contribution in [3.8, 4) is 0 Å². The number of carbonyl (C=O) groups excluding carboxylic acids is 2. The third-order valence-corrected chi connectivity index (χ3v) is 2.81. The highest BCUT2D eigenvalue weighted by molar-refractivity contribution is 5.71. The van der Waals surface area contributed by atoms with E-state index < -0.39 is 29.7 Å². The summed E-state index contributed by atoms with van der Waals surface area (Å²) in [6.07, 6.45) is -2.21. The normalized spacial score (nSPS) is 21.1. The van der Waals surface area contributed by atoms with E-state index >= 15 is 0 Å². The molecule has 2 amide bonds. The summed E-state index contributed by atoms with van der Waals surface area (Å²) < 4.78 is 16.0. The van der Waals surface area contributed by atoms with Crippen LogP contribution in [0.2, 0.25) is 0 Å². The van der Waals surface area contributed by atoms with Crippen LogP contribution in [0.5, 0.6) is 0 Å². The zero-order chi connectivity index (χ0) is 16.4. The molecule has 21 heavy (non-hydrogen) atoms. The number of hydrogen-bond donors (Lipinski definition) is 0. The quantitative estimate of drug-likeness (QED) is 0.726. The van der Waals surface area contributed by atoms with E-state index in [1.807, 2.05) is 0 Å². The van der Waals surface area contributed by atoms with Crippen molar-refractivity contribution in [3.63, 3.8) is 0 Å². The van der Waals surface area contributed by atoms with Crippen LogP contribution in [0.4, 0.5) is 9.59 Å². The molecule has 1 unspecified atom stereocenters. The van der Waals surface area contributed by atoms with Gasteiger partial charge in [-0.25, -0.2) is 14.5 Å². The zero-order valence-electron chi connectivity index (χ0n) is 13.6. The van der Waals surface area contributed by atoms with Gasteiger partial charge in [-0.1, -0.05) is 0 Å². The highest BCUT2D eigenvalue weighted by Gasteiger charge is 2.48. The van der Waals surface area contributed by atoms with Gasteiger partial charge in [-0.15, -0.1) is 0 Å². The molecular formula is C13H24N2O6. The van der Waals surface area contributed by atoms with Crippen molar-refractivity contribution in [2.24, 2.45) is 0 Å². The Balaban J connectivity index is 2.84. The lowest BCUT2D eigenvalue weighted by molar-refractivity contribution is -0.116. The van der Waals surface area contributed by atoms with E-state index in [0.717, 1.165) is 5.06 Å². The number of carbonyl (C=O) groups is 2. The Morgan fingerprint density at radius 2 is 1.90 bits per heavy atom. The predicted molar refractivity (Wildman–Crippen MR) is 73.1 cm³/mol. The van der Waals surface area contributed by atoms with Gasteiger partial charge in [-0.05, 0) is 34.6 Å². The monoisotopic (exact) mass is 304 g/mol. The summed E-state index contributed by atoms with van der Waals surface area (Å²) in [4.78, 5) is 30.0. The van der Waals surface area contributed by atoms with Crippen LogP contribution >= 0.6 is 0 Å². The number of nitrogens with zero attached hydrogens (tertiary/aromatic N) is 2. The Labute approximate surface area is 124 Å². The third-order valence-electron chi connectivity index (χ3n) is 2.81. The van der Waals surface area contributed by atoms with Crippen molar-refractivity contribution in [1.82, 2.24) is 9.96 Å². The van der Waals surface area contributed by atoms with Gasteiger partial charge in [0.15, 0.2) is 0 Å². The molecule has 1 heterocycles. The Kier molecular flexibility index (Phi) is 5.06. The molecule has 1 fully saturated rings. The summed E-state index contributed by atoms with van der Waals surface area (Å²) in [6.45, 7) is 8.74. The number of rotatable bonds is 2. The van der Waals surface area contributed by atoms with Crippen LogP contribution in [0.1, 0.15) is 34.6 Å². The molecule has 1 rings (SSSR count). The maximum Gasteiger partial charge on any atom is 0.435 e. The van der Waals surface area contributed by atoms with E-state index in [0.29, 0.717) is 0 Å². The van der Waals surface area contributed by atoms with E-state index in [9.17, 15) is 9.59 Å². The first kappa shape index (κ1) is 17.5. The van der Waals surface area contributed by atoms with Gasteiger partial charge in [0, 0.05) is 7.05 Å². The topological polar surface area (TPSA) is 77.5 Å². The largest absolute Gasteiger partial charge is 0.444 e. The summed E-state index contributed by atoms with van der Waals surface area (Å²) in [5.74, 6) is 0. The lowest BCUT2D eigenvalue weighted by atomic mass is 10.2. The fourth-order valence-electron chi connectivity index (χ4n) is 1.77. The molecular weight excluding hydrogens is 280 g/mol. The van der Waals surface area contributed by atoms with Crippen LogP contribution in [0, 0.1) is 0 Å². The van der Waals surface area contributed by atoms with E-state index in [1.165, 1.54) is 19.1 Å². The molecule has 0 saturated carbocycles. The van der Waals surface area contributed by atoms with Crippen molar-refractivity contribution < 1.29 is 28.6 Å². The van der Waals surface area contributed by atoms with Crippen LogP contribution < -0.4 is 0 Å². The Hall–Kier alpha value is -1.54. The molecule has 0 aromatic rings. The molecule has 1 atom stereocenters. The summed E-state index contributed by atoms with van der Waals surface area (Å²) in [5.41, 5.74) is -1.59. The van der Waals surface area contributed by atoms with Crippen molar-refractivity contribution in [2.75, 3.05) is 20.8 Å². The molecule has 1 aliphatic heterocycles. The Morgan fingerprint density at radius 1 is 1.33 bits per heavy atom. The summed E-state index contributed by atoms with van der Waals surface area (Å²) in [7, 11) is 2.74. The van der Waals surface area contributed by atoms with E-state index in [-0.39, 0.29) is 6.61 Å². The fraction of sp³-hybridized carbons (Fsp3) is 0.846. The predicted octanol–water partition coefficient (Wildman–Crippen LogP) is 1.95. The van der Waals surface area contributed by atoms with Crippen LogP contribution in [0.15, 0.2) is 0 Å². The minimum absolute atomic E-state index is 0.0650. The van der Waals surface area contributed by atoms with Gasteiger partial charge in [0.1, 0.15) is 17.9 Å². The van der Waals surface area contributed by atoms with Crippen LogP contribution in [-0.2, 0) is 19.0 Å². The van der Waals surface area contributed by atoms with E-state index in [2.05, 4.69) is 0 Å². The van der Waals surface area contributed by atoms with Crippen LogP contribution in [0.25, 0.3) is 0 Å². The van der Waals surface area contributed by atoms with Crippen LogP contribution in [0.3, 0.4) is 0 Å². The highest BCUT2D eigenvalue weighted by Crippen LogP contribution is 2.30. The van der Waals surface area contributed by atoms with E-state index in [4.69, 9.17) is 19.0 Å². The molecule has 122 valence electrons. The zero-order valence-corrected chi connectivity index (χ0v) is 13.6. The molecule has 0 aromatic carbocycles. The first-order chi connectivity index (χ1) is 9.48. The molecule has 8 heteroatoms. The molecule has 0 aliphatic carbocycles. The van der Waals surface area contributed by atoms with Crippen molar-refractivity contribution in [1.29, 1.82) is 0 Å². The molecule has 0 aromatic heterocycles. The molecule has 0 N–H and O–H groups in total. The minimum atomic E-state index is -0.932. The maximum atomic E-state index is 12.3. The maximum absolute atomic E-state index is 12.3. The van der Waals surface area contributed by atoms with Gasteiger partial charge in [-0.2, -0.15) is 5.06 Å². The number of ether oxygens (including phenoxy) is 3. The van der Waals surface area contributed by atoms with Gasteiger partial charge in [0.2, 0.25) is 6.23 Å². The Bertz CT molecular complexity index is 404. The third kappa shape index (κ3) is 4.47. The first-order valence-electron chi connectivity index (χ1n) is 6.62. The summed E-state index contributed by atoms with van der Waals surface area (Å²) in [5, 5.41) is 0.915. The van der Waals surface area contributed by atoms with Gasteiger partial charge in [0.25, 0.3) is 0 Å². The van der Waals surface area contributed by atoms with E-state index in [1.54, 1.807) is 34.6 Å². The van der Waals surface area contributed by atoms with Gasteiger partial charge >= 0.3 is 12.2 Å². The number of amides is 2. The second-order valence-electron chi connectivity index (χ2n) is 6.13. The second-order valence-corrected chi connectivity index (χ2v) is 6.13. The minimum Gasteiger partial charge on any atom is -0.444 e. The number of hydrogen-bond acceptors (Lipinski definition) is 6. The average molecular weight is 304 g/mol. The van der Waals surface area contributed by atoms with Gasteiger partial charge in [-0.3, -0.25) is 4.84 Å². The highest BCUT2D eigenvalue weighted by atomic mass is 16.7. The second kappa shape index (κ2) is 6.07. The molecule has 0 bridgehead atoms. The van der Waals surface area contributed by atoms with Crippen molar-refractivity contribution in [3.05, 3.63) is 0 Å². The fourth-order valence-corrected chi connectivity index (χ4v) is 1.77. The number of hydroxylamine groups is 2. The first-order valence-corrected chi connectivity index (χ1v) is 6.62. The smallest absolute Gasteiger partial charge is 0.435 e. The van der Waals surface area contributed by atoms with Crippen molar-refractivity contribution in [2.45, 2.75) is 52.2 Å². The summed E-state index contributed by atoms with van der Waals surface area (Å²) >= 11 is 0. The lowest BCUT2D eigenvalue weighted by Gasteiger charge is -2.34. The molecule has 8 nitrogen and oxygen atoms in total. The summed E-state index contributed by atoms with van der Waals surface area (Å²) in [6, 6.07) is 0. The van der Waals surface area contributed by atoms with Gasteiger partial charge in [0.05, 0.1) is 7.11 Å². The lowest BCUT2D eigenvalue weighted by Crippen LogP contribution is -2.51. The molecule has 0 spiro atoms. The standard InChI is InChI=1S/C13H24N2O6/c1-12(2,3)21-11(17)15-9(8-19-13(15,4)5)20-10(16)14(6)18-7/h9H,8H2,1-7H3. The molecule has 1 aliphatic rings. The average Bonchev–Trinajstić information content (AvgIpc) is 2.61. The SMILES string of the molecule is CON(C)C(=O)OC1COC(C)(C)N1C(=O)OC(C)(C)C. The molecule has 0 radical (unpaired) electrons. The Morgan fingerprint density at radius 3 is 2.38 bits per heavy atom.